The van der Waals surface area contributed by atoms with Gasteiger partial charge in [0.25, 0.3) is 0 Å². The van der Waals surface area contributed by atoms with Crippen LogP contribution in [0.25, 0.3) is 0 Å². The highest BCUT2D eigenvalue weighted by molar-refractivity contribution is 5.94. The van der Waals surface area contributed by atoms with Crippen molar-refractivity contribution in [2.24, 2.45) is 5.92 Å². The van der Waals surface area contributed by atoms with Crippen molar-refractivity contribution >= 4 is 17.3 Å². The Morgan fingerprint density at radius 3 is 2.83 bits per heavy atom. The minimum atomic E-state index is 0.141. The highest BCUT2D eigenvalue weighted by Gasteiger charge is 2.26. The van der Waals surface area contributed by atoms with Crippen LogP contribution in [0.15, 0.2) is 18.2 Å². The van der Waals surface area contributed by atoms with E-state index in [1.807, 2.05) is 4.90 Å². The van der Waals surface area contributed by atoms with Gasteiger partial charge < -0.3 is 10.2 Å². The number of hydrogen-bond donors (Lipinski definition) is 1. The second-order valence-electron chi connectivity index (χ2n) is 5.68. The fourth-order valence-electron chi connectivity index (χ4n) is 3.07. The summed E-state index contributed by atoms with van der Waals surface area (Å²) in [7, 11) is 0. The molecule has 1 heterocycles. The molecule has 0 atom stereocenters. The van der Waals surface area contributed by atoms with Gasteiger partial charge in [-0.2, -0.15) is 0 Å². The topological polar surface area (TPSA) is 32.3 Å². The predicted molar refractivity (Wildman–Crippen MR) is 74.0 cm³/mol. The highest BCUT2D eigenvalue weighted by Crippen LogP contribution is 2.33. The smallest absolute Gasteiger partial charge is 0.223 e. The molecule has 1 aliphatic heterocycles. The molecule has 0 unspecified atom stereocenters. The molecule has 1 aromatic rings. The van der Waals surface area contributed by atoms with Crippen LogP contribution in [0.5, 0.6) is 0 Å². The number of fused-ring (bicyclic) bond motifs is 1. The first kappa shape index (κ1) is 11.6. The Morgan fingerprint density at radius 2 is 2.17 bits per heavy atom. The number of nitrogens with one attached hydrogen (secondary N) is 1. The van der Waals surface area contributed by atoms with Crippen molar-refractivity contribution in [2.75, 3.05) is 16.8 Å². The van der Waals surface area contributed by atoms with E-state index in [-0.39, 0.29) is 5.91 Å². The van der Waals surface area contributed by atoms with E-state index in [1.54, 1.807) is 6.92 Å². The molecule has 0 spiro atoms. The monoisotopic (exact) mass is 244 g/mol. The maximum Gasteiger partial charge on any atom is 0.223 e. The van der Waals surface area contributed by atoms with E-state index in [9.17, 15) is 4.79 Å². The zero-order valence-corrected chi connectivity index (χ0v) is 11.1. The fourth-order valence-corrected chi connectivity index (χ4v) is 3.07. The van der Waals surface area contributed by atoms with Gasteiger partial charge in [0.1, 0.15) is 0 Å². The molecule has 0 saturated heterocycles. The van der Waals surface area contributed by atoms with Crippen molar-refractivity contribution < 1.29 is 4.79 Å². The predicted octanol–water partition coefficient (Wildman–Crippen LogP) is 2.81. The van der Waals surface area contributed by atoms with Crippen LogP contribution in [0, 0.1) is 5.92 Å². The molecule has 1 aliphatic carbocycles. The number of hydrogen-bond acceptors (Lipinski definition) is 2. The van der Waals surface area contributed by atoms with E-state index in [4.69, 9.17) is 0 Å². The molecule has 1 saturated carbocycles. The number of anilines is 2. The van der Waals surface area contributed by atoms with E-state index in [1.165, 1.54) is 24.1 Å². The molecule has 1 amide bonds. The molecular weight excluding hydrogens is 224 g/mol. The normalized spacial score (nSPS) is 25.6. The maximum atomic E-state index is 11.5. The SMILES string of the molecule is CC(=O)N1CCc2cc(NC3CC(C)C3)ccc21. The molecule has 18 heavy (non-hydrogen) atoms. The van der Waals surface area contributed by atoms with Gasteiger partial charge in [-0.25, -0.2) is 0 Å². The molecule has 1 fully saturated rings. The van der Waals surface area contributed by atoms with E-state index >= 15 is 0 Å². The fraction of sp³-hybridized carbons (Fsp3) is 0.533. The Morgan fingerprint density at radius 1 is 1.39 bits per heavy atom. The average molecular weight is 244 g/mol. The molecular formula is C15H20N2O. The van der Waals surface area contributed by atoms with Gasteiger partial charge in [-0.15, -0.1) is 0 Å². The summed E-state index contributed by atoms with van der Waals surface area (Å²) in [6.45, 7) is 4.76. The zero-order valence-electron chi connectivity index (χ0n) is 11.1. The summed E-state index contributed by atoms with van der Waals surface area (Å²) in [4.78, 5) is 13.3. The molecule has 1 N–H and O–H groups in total. The quantitative estimate of drug-likeness (QED) is 0.867. The van der Waals surface area contributed by atoms with Gasteiger partial charge in [0.2, 0.25) is 5.91 Å². The number of amides is 1. The second kappa shape index (κ2) is 4.30. The lowest BCUT2D eigenvalue weighted by molar-refractivity contribution is -0.116. The summed E-state index contributed by atoms with van der Waals surface area (Å²) in [5, 5.41) is 3.58. The van der Waals surface area contributed by atoms with Gasteiger partial charge in [-0.05, 0) is 48.9 Å². The first-order valence-electron chi connectivity index (χ1n) is 6.81. The van der Waals surface area contributed by atoms with E-state index in [2.05, 4.69) is 30.4 Å². The Balaban J connectivity index is 1.74. The van der Waals surface area contributed by atoms with Crippen molar-refractivity contribution in [3.8, 4) is 0 Å². The van der Waals surface area contributed by atoms with Gasteiger partial charge in [-0.1, -0.05) is 6.92 Å². The molecule has 2 aliphatic rings. The van der Waals surface area contributed by atoms with Crippen molar-refractivity contribution in [1.29, 1.82) is 0 Å². The minimum absolute atomic E-state index is 0.141. The number of rotatable bonds is 2. The lowest BCUT2D eigenvalue weighted by atomic mass is 9.82. The molecule has 0 bridgehead atoms. The summed E-state index contributed by atoms with van der Waals surface area (Å²) < 4.78 is 0. The number of carbonyl (C=O) groups is 1. The summed E-state index contributed by atoms with van der Waals surface area (Å²) >= 11 is 0. The third-order valence-corrected chi connectivity index (χ3v) is 4.10. The van der Waals surface area contributed by atoms with Crippen LogP contribution in [0.3, 0.4) is 0 Å². The van der Waals surface area contributed by atoms with Gasteiger partial charge in [0, 0.05) is 30.9 Å². The first-order valence-corrected chi connectivity index (χ1v) is 6.81. The molecule has 0 radical (unpaired) electrons. The minimum Gasteiger partial charge on any atom is -0.382 e. The third kappa shape index (κ3) is 1.98. The van der Waals surface area contributed by atoms with Gasteiger partial charge in [0.05, 0.1) is 0 Å². The lowest BCUT2D eigenvalue weighted by Gasteiger charge is -2.34. The maximum absolute atomic E-state index is 11.5. The third-order valence-electron chi connectivity index (χ3n) is 4.10. The van der Waals surface area contributed by atoms with Gasteiger partial charge >= 0.3 is 0 Å². The summed E-state index contributed by atoms with van der Waals surface area (Å²) in [6.07, 6.45) is 3.53. The van der Waals surface area contributed by atoms with Crippen LogP contribution < -0.4 is 10.2 Å². The van der Waals surface area contributed by atoms with Crippen molar-refractivity contribution in [2.45, 2.75) is 39.2 Å². The Hall–Kier alpha value is -1.51. The molecule has 3 rings (SSSR count). The van der Waals surface area contributed by atoms with E-state index in [0.29, 0.717) is 6.04 Å². The van der Waals surface area contributed by atoms with Crippen LogP contribution in [0.2, 0.25) is 0 Å². The Bertz CT molecular complexity index is 477. The summed E-state index contributed by atoms with van der Waals surface area (Å²) in [6, 6.07) is 7.03. The number of benzene rings is 1. The average Bonchev–Trinajstić information content (AvgIpc) is 2.70. The first-order chi connectivity index (χ1) is 8.63. The molecule has 3 nitrogen and oxygen atoms in total. The Labute approximate surface area is 108 Å². The van der Waals surface area contributed by atoms with E-state index in [0.717, 1.165) is 24.6 Å². The van der Waals surface area contributed by atoms with Crippen LogP contribution in [0.1, 0.15) is 32.3 Å². The second-order valence-corrected chi connectivity index (χ2v) is 5.68. The van der Waals surface area contributed by atoms with Crippen LogP contribution in [-0.2, 0) is 11.2 Å². The summed E-state index contributed by atoms with van der Waals surface area (Å²) in [5.41, 5.74) is 3.59. The number of nitrogens with zero attached hydrogens (tertiary/aromatic N) is 1. The number of carbonyl (C=O) groups excluding carboxylic acids is 1. The van der Waals surface area contributed by atoms with Crippen LogP contribution in [0.4, 0.5) is 11.4 Å². The van der Waals surface area contributed by atoms with Crippen molar-refractivity contribution in [3.63, 3.8) is 0 Å². The largest absolute Gasteiger partial charge is 0.382 e. The highest BCUT2D eigenvalue weighted by atomic mass is 16.2. The standard InChI is InChI=1S/C15H20N2O/c1-10-7-14(8-10)16-13-3-4-15-12(9-13)5-6-17(15)11(2)18/h3-4,9-10,14,16H,5-8H2,1-2H3. The molecule has 96 valence electrons. The van der Waals surface area contributed by atoms with Crippen molar-refractivity contribution in [3.05, 3.63) is 23.8 Å². The van der Waals surface area contributed by atoms with Crippen LogP contribution in [-0.4, -0.2) is 18.5 Å². The summed E-state index contributed by atoms with van der Waals surface area (Å²) in [5.74, 6) is 1.01. The zero-order chi connectivity index (χ0) is 12.7. The van der Waals surface area contributed by atoms with Gasteiger partial charge in [0.15, 0.2) is 0 Å². The van der Waals surface area contributed by atoms with Crippen molar-refractivity contribution in [1.82, 2.24) is 0 Å². The molecule has 3 heteroatoms. The lowest BCUT2D eigenvalue weighted by Crippen LogP contribution is -2.33. The molecule has 0 aromatic heterocycles. The molecule has 1 aromatic carbocycles. The van der Waals surface area contributed by atoms with Gasteiger partial charge in [-0.3, -0.25) is 4.79 Å². The Kier molecular flexibility index (Phi) is 2.77. The van der Waals surface area contributed by atoms with Crippen LogP contribution >= 0.6 is 0 Å². The van der Waals surface area contributed by atoms with E-state index < -0.39 is 0 Å².